The minimum absolute atomic E-state index is 0.0717. The van der Waals surface area contributed by atoms with Crippen LogP contribution in [0.1, 0.15) is 11.1 Å². The van der Waals surface area contributed by atoms with Crippen LogP contribution in [0.15, 0.2) is 42.7 Å². The Balaban J connectivity index is 2.00. The maximum Gasteiger partial charge on any atom is 0.353 e. The van der Waals surface area contributed by atoms with Crippen LogP contribution in [0, 0.1) is 35.6 Å². The second-order valence-corrected chi connectivity index (χ2v) is 5.85. The lowest BCUT2D eigenvalue weighted by molar-refractivity contribution is -0.383. The van der Waals surface area contributed by atoms with Gasteiger partial charge in [0.15, 0.2) is 0 Å². The van der Waals surface area contributed by atoms with Crippen molar-refractivity contribution in [3.63, 3.8) is 0 Å². The fourth-order valence-corrected chi connectivity index (χ4v) is 2.41. The van der Waals surface area contributed by atoms with Gasteiger partial charge >= 0.3 is 5.69 Å². The minimum atomic E-state index is -0.770. The quantitative estimate of drug-likeness (QED) is 0.496. The average molecular weight is 371 g/mol. The Morgan fingerprint density at radius 3 is 2.33 bits per heavy atom. The van der Waals surface area contributed by atoms with E-state index in [-0.39, 0.29) is 17.3 Å². The van der Waals surface area contributed by atoms with E-state index in [0.717, 1.165) is 35.7 Å². The van der Waals surface area contributed by atoms with Gasteiger partial charge in [-0.2, -0.15) is 0 Å². The van der Waals surface area contributed by atoms with Gasteiger partial charge in [-0.15, -0.1) is 0 Å². The first-order chi connectivity index (χ1) is 12.8. The molecule has 3 rings (SSSR count). The molecule has 27 heavy (non-hydrogen) atoms. The number of anilines is 4. The lowest BCUT2D eigenvalue weighted by atomic mass is 10.1. The van der Waals surface area contributed by atoms with Crippen LogP contribution < -0.4 is 10.6 Å². The van der Waals surface area contributed by atoms with E-state index >= 15 is 0 Å². The highest BCUT2D eigenvalue weighted by atomic mass is 19.1. The fourth-order valence-electron chi connectivity index (χ4n) is 2.41. The van der Waals surface area contributed by atoms with Gasteiger partial charge in [-0.25, -0.2) is 18.7 Å². The van der Waals surface area contributed by atoms with E-state index in [1.54, 1.807) is 6.07 Å². The van der Waals surface area contributed by atoms with Crippen molar-refractivity contribution < 1.29 is 13.7 Å². The highest BCUT2D eigenvalue weighted by Crippen LogP contribution is 2.33. The number of nitro groups is 1. The maximum atomic E-state index is 13.9. The highest BCUT2D eigenvalue weighted by molar-refractivity contribution is 5.77. The van der Waals surface area contributed by atoms with Crippen molar-refractivity contribution >= 4 is 28.7 Å². The van der Waals surface area contributed by atoms with E-state index in [4.69, 9.17) is 0 Å². The minimum Gasteiger partial charge on any atom is -0.334 e. The molecule has 9 heteroatoms. The van der Waals surface area contributed by atoms with Crippen molar-refractivity contribution in [1.82, 2.24) is 9.97 Å². The van der Waals surface area contributed by atoms with Crippen LogP contribution in [-0.2, 0) is 0 Å². The number of benzene rings is 2. The topological polar surface area (TPSA) is 93.0 Å². The number of nitrogens with zero attached hydrogens (tertiary/aromatic N) is 3. The zero-order valence-electron chi connectivity index (χ0n) is 14.5. The molecule has 0 radical (unpaired) electrons. The van der Waals surface area contributed by atoms with Gasteiger partial charge in [0.25, 0.3) is 0 Å². The number of aromatic nitrogens is 2. The summed E-state index contributed by atoms with van der Waals surface area (Å²) in [7, 11) is 0. The van der Waals surface area contributed by atoms with Crippen LogP contribution >= 0.6 is 0 Å². The Labute approximate surface area is 153 Å². The lowest BCUT2D eigenvalue weighted by Gasteiger charge is -2.11. The third kappa shape index (κ3) is 3.97. The molecule has 0 unspecified atom stereocenters. The van der Waals surface area contributed by atoms with Crippen LogP contribution in [0.2, 0.25) is 0 Å². The molecule has 1 aromatic heterocycles. The maximum absolute atomic E-state index is 13.9. The van der Waals surface area contributed by atoms with Crippen molar-refractivity contribution in [3.05, 3.63) is 75.6 Å². The molecule has 1 heterocycles. The molecule has 0 saturated heterocycles. The van der Waals surface area contributed by atoms with Crippen LogP contribution in [-0.4, -0.2) is 14.9 Å². The molecule has 2 aromatic carbocycles. The fraction of sp³-hybridized carbons (Fsp3) is 0.111. The summed E-state index contributed by atoms with van der Waals surface area (Å²) in [6.45, 7) is 3.86. The van der Waals surface area contributed by atoms with Gasteiger partial charge in [0.2, 0.25) is 11.6 Å². The molecule has 3 aromatic rings. The van der Waals surface area contributed by atoms with Crippen molar-refractivity contribution in [2.75, 3.05) is 10.6 Å². The smallest absolute Gasteiger partial charge is 0.334 e. The van der Waals surface area contributed by atoms with Crippen molar-refractivity contribution in [2.24, 2.45) is 0 Å². The molecule has 0 aliphatic carbocycles. The molecule has 0 atom stereocenters. The Morgan fingerprint density at radius 2 is 1.67 bits per heavy atom. The van der Waals surface area contributed by atoms with E-state index in [1.165, 1.54) is 0 Å². The van der Waals surface area contributed by atoms with E-state index in [0.29, 0.717) is 5.69 Å². The van der Waals surface area contributed by atoms with Gasteiger partial charge in [0, 0.05) is 11.8 Å². The van der Waals surface area contributed by atoms with Crippen molar-refractivity contribution in [2.45, 2.75) is 13.8 Å². The van der Waals surface area contributed by atoms with Crippen LogP contribution in [0.25, 0.3) is 0 Å². The lowest BCUT2D eigenvalue weighted by Crippen LogP contribution is -2.06. The number of hydrogen-bond acceptors (Lipinski definition) is 6. The van der Waals surface area contributed by atoms with Gasteiger partial charge < -0.3 is 10.6 Å². The third-order valence-electron chi connectivity index (χ3n) is 3.96. The van der Waals surface area contributed by atoms with Crippen LogP contribution in [0.4, 0.5) is 37.5 Å². The van der Waals surface area contributed by atoms with Gasteiger partial charge in [-0.1, -0.05) is 6.07 Å². The zero-order chi connectivity index (χ0) is 19.6. The van der Waals surface area contributed by atoms with Gasteiger partial charge in [-0.3, -0.25) is 10.1 Å². The normalized spacial score (nSPS) is 10.5. The number of nitrogens with one attached hydrogen (secondary N) is 2. The predicted molar refractivity (Wildman–Crippen MR) is 97.5 cm³/mol. The largest absolute Gasteiger partial charge is 0.353 e. The summed E-state index contributed by atoms with van der Waals surface area (Å²) in [5.41, 5.74) is 1.91. The number of hydrogen-bond donors (Lipinski definition) is 2. The SMILES string of the molecule is Cc1ccc(Nc2ncnc(Nc3cc(F)ccc3F)c2[N+](=O)[O-])cc1C. The van der Waals surface area contributed by atoms with E-state index in [1.807, 2.05) is 26.0 Å². The van der Waals surface area contributed by atoms with Gasteiger partial charge in [-0.05, 0) is 49.2 Å². The zero-order valence-corrected chi connectivity index (χ0v) is 14.5. The molecule has 0 aliphatic heterocycles. The Bertz CT molecular complexity index is 1030. The molecule has 0 fully saturated rings. The molecule has 138 valence electrons. The van der Waals surface area contributed by atoms with Gasteiger partial charge in [0.1, 0.15) is 18.0 Å². The number of aryl methyl sites for hydroxylation is 2. The summed E-state index contributed by atoms with van der Waals surface area (Å²) in [6, 6.07) is 8.19. The first-order valence-electron chi connectivity index (χ1n) is 7.91. The summed E-state index contributed by atoms with van der Waals surface area (Å²) in [6.07, 6.45) is 1.09. The average Bonchev–Trinajstić information content (AvgIpc) is 2.61. The number of halogens is 2. The van der Waals surface area contributed by atoms with Crippen LogP contribution in [0.3, 0.4) is 0 Å². The summed E-state index contributed by atoms with van der Waals surface area (Å²) in [5, 5.41) is 16.9. The van der Waals surface area contributed by atoms with Gasteiger partial charge in [0.05, 0.1) is 10.6 Å². The van der Waals surface area contributed by atoms with E-state index in [2.05, 4.69) is 20.6 Å². The summed E-state index contributed by atoms with van der Waals surface area (Å²) < 4.78 is 27.2. The molecule has 2 N–H and O–H groups in total. The van der Waals surface area contributed by atoms with Crippen molar-refractivity contribution in [3.8, 4) is 0 Å². The molecule has 0 aliphatic rings. The molecule has 0 spiro atoms. The molecule has 7 nitrogen and oxygen atoms in total. The first-order valence-corrected chi connectivity index (χ1v) is 7.91. The van der Waals surface area contributed by atoms with Crippen LogP contribution in [0.5, 0.6) is 0 Å². The molecule has 0 amide bonds. The van der Waals surface area contributed by atoms with E-state index < -0.39 is 22.2 Å². The standard InChI is InChI=1S/C18H15F2N5O2/c1-10-3-5-13(7-11(10)2)23-17-16(25(26)27)18(22-9-21-17)24-15-8-12(19)4-6-14(15)20/h3-9H,1-2H3,(H2,21,22,23,24). The Kier molecular flexibility index (Phi) is 4.93. The second kappa shape index (κ2) is 7.32. The summed E-state index contributed by atoms with van der Waals surface area (Å²) in [4.78, 5) is 18.6. The third-order valence-corrected chi connectivity index (χ3v) is 3.96. The molecular weight excluding hydrogens is 356 g/mol. The molecule has 0 saturated carbocycles. The Morgan fingerprint density at radius 1 is 0.963 bits per heavy atom. The van der Waals surface area contributed by atoms with E-state index in [9.17, 15) is 18.9 Å². The summed E-state index contributed by atoms with van der Waals surface area (Å²) >= 11 is 0. The molecular formula is C18H15F2N5O2. The Hall–Kier alpha value is -3.62. The van der Waals surface area contributed by atoms with Crippen molar-refractivity contribution in [1.29, 1.82) is 0 Å². The highest BCUT2D eigenvalue weighted by Gasteiger charge is 2.24. The monoisotopic (exact) mass is 371 g/mol. The number of rotatable bonds is 5. The predicted octanol–water partition coefficient (Wildman–Crippen LogP) is 4.77. The molecule has 0 bridgehead atoms. The second-order valence-electron chi connectivity index (χ2n) is 5.85. The first kappa shape index (κ1) is 18.2. The summed E-state index contributed by atoms with van der Waals surface area (Å²) in [5.74, 6) is -1.79.